The van der Waals surface area contributed by atoms with Crippen LogP contribution in [0.2, 0.25) is 0 Å². The summed E-state index contributed by atoms with van der Waals surface area (Å²) in [5, 5.41) is 3.64. The van der Waals surface area contributed by atoms with E-state index in [2.05, 4.69) is 21.2 Å². The minimum Gasteiger partial charge on any atom is -0.490 e. The number of para-hydroxylation sites is 1. The number of methoxy groups -OCH3 is 1. The lowest BCUT2D eigenvalue weighted by Gasteiger charge is -2.18. The highest BCUT2D eigenvalue weighted by molar-refractivity contribution is 9.10. The van der Waals surface area contributed by atoms with E-state index in [1.54, 1.807) is 7.05 Å². The van der Waals surface area contributed by atoms with Crippen molar-refractivity contribution < 1.29 is 9.53 Å². The Hall–Kier alpha value is -2.60. The first-order valence-electron chi connectivity index (χ1n) is 8.16. The summed E-state index contributed by atoms with van der Waals surface area (Å²) in [5.74, 6) is -0.298. The summed E-state index contributed by atoms with van der Waals surface area (Å²) in [7, 11) is 3.07. The summed E-state index contributed by atoms with van der Waals surface area (Å²) in [6.45, 7) is 1.90. The number of nitrogens with one attached hydrogen (secondary N) is 1. The summed E-state index contributed by atoms with van der Waals surface area (Å²) >= 11 is 3.44. The van der Waals surface area contributed by atoms with Crippen molar-refractivity contribution in [1.29, 1.82) is 0 Å². The Morgan fingerprint density at radius 2 is 1.92 bits per heavy atom. The maximum Gasteiger partial charge on any atom is 0.293 e. The first-order valence-corrected chi connectivity index (χ1v) is 8.95. The highest BCUT2D eigenvalue weighted by Gasteiger charge is 2.23. The number of pyridine rings is 1. The molecule has 1 heterocycles. The molecule has 5 nitrogen and oxygen atoms in total. The van der Waals surface area contributed by atoms with Crippen LogP contribution >= 0.6 is 15.9 Å². The zero-order valence-corrected chi connectivity index (χ0v) is 16.3. The Bertz CT molecular complexity index is 1040. The number of nitrogens with zero attached hydrogens (tertiary/aromatic N) is 1. The van der Waals surface area contributed by atoms with Crippen LogP contribution in [0.15, 0.2) is 57.8 Å². The minimum atomic E-state index is -0.344. The standard InChI is InChI=1S/C20H19BrN2O3/c1-12(13-7-6-8-14(21)11-13)22-19(24)17-15-9-4-5-10-16(15)23(2)20(25)18(17)26-3/h4-12H,1-3H3,(H,22,24)/t12-/m1/s1. The summed E-state index contributed by atoms with van der Waals surface area (Å²) in [6.07, 6.45) is 0. The van der Waals surface area contributed by atoms with E-state index in [0.29, 0.717) is 10.9 Å². The van der Waals surface area contributed by atoms with E-state index >= 15 is 0 Å². The number of aryl methyl sites for hydroxylation is 1. The molecule has 3 rings (SSSR count). The topological polar surface area (TPSA) is 60.3 Å². The Labute approximate surface area is 159 Å². The first-order chi connectivity index (χ1) is 12.4. The third-order valence-electron chi connectivity index (χ3n) is 4.39. The van der Waals surface area contributed by atoms with E-state index in [-0.39, 0.29) is 28.8 Å². The van der Waals surface area contributed by atoms with Gasteiger partial charge < -0.3 is 14.6 Å². The lowest BCUT2D eigenvalue weighted by molar-refractivity contribution is 0.0938. The SMILES string of the molecule is COc1c(C(=O)N[C@H](C)c2cccc(Br)c2)c2ccccc2n(C)c1=O. The van der Waals surface area contributed by atoms with Gasteiger partial charge in [0, 0.05) is 16.9 Å². The molecule has 1 amide bonds. The van der Waals surface area contributed by atoms with Gasteiger partial charge in [0.05, 0.1) is 24.2 Å². The fraction of sp³-hybridized carbons (Fsp3) is 0.200. The number of fused-ring (bicyclic) bond motifs is 1. The summed E-state index contributed by atoms with van der Waals surface area (Å²) in [4.78, 5) is 25.6. The van der Waals surface area contributed by atoms with Crippen LogP contribution in [-0.2, 0) is 7.05 Å². The summed E-state index contributed by atoms with van der Waals surface area (Å²) < 4.78 is 7.72. The number of rotatable bonds is 4. The van der Waals surface area contributed by atoms with Gasteiger partial charge in [0.15, 0.2) is 5.75 Å². The predicted molar refractivity (Wildman–Crippen MR) is 106 cm³/mol. The van der Waals surface area contributed by atoms with E-state index in [1.807, 2.05) is 55.5 Å². The average Bonchev–Trinajstić information content (AvgIpc) is 2.64. The molecule has 0 saturated heterocycles. The van der Waals surface area contributed by atoms with Crippen molar-refractivity contribution in [3.63, 3.8) is 0 Å². The number of ether oxygens (including phenoxy) is 1. The Morgan fingerprint density at radius 1 is 1.19 bits per heavy atom. The molecule has 0 fully saturated rings. The number of carbonyl (C=O) groups is 1. The van der Waals surface area contributed by atoms with Gasteiger partial charge in [0.1, 0.15) is 0 Å². The molecular formula is C20H19BrN2O3. The Kier molecular flexibility index (Phi) is 5.13. The smallest absolute Gasteiger partial charge is 0.293 e. The number of aromatic nitrogens is 1. The molecule has 0 unspecified atom stereocenters. The second kappa shape index (κ2) is 7.33. The van der Waals surface area contributed by atoms with E-state index in [1.165, 1.54) is 11.7 Å². The normalized spacial score (nSPS) is 12.0. The number of halogens is 1. The number of amides is 1. The zero-order valence-electron chi connectivity index (χ0n) is 14.7. The predicted octanol–water partition coefficient (Wildman–Crippen LogP) is 3.80. The Morgan fingerprint density at radius 3 is 2.62 bits per heavy atom. The van der Waals surface area contributed by atoms with E-state index in [9.17, 15) is 9.59 Å². The van der Waals surface area contributed by atoms with E-state index < -0.39 is 0 Å². The molecule has 134 valence electrons. The first kappa shape index (κ1) is 18.2. The third-order valence-corrected chi connectivity index (χ3v) is 4.88. The second-order valence-corrected chi connectivity index (χ2v) is 6.96. The van der Waals surface area contributed by atoms with Crippen molar-refractivity contribution in [2.24, 2.45) is 7.05 Å². The van der Waals surface area contributed by atoms with Gasteiger partial charge in [-0.2, -0.15) is 0 Å². The van der Waals surface area contributed by atoms with Gasteiger partial charge in [-0.05, 0) is 30.7 Å². The maximum absolute atomic E-state index is 13.0. The van der Waals surface area contributed by atoms with Crippen LogP contribution in [0.3, 0.4) is 0 Å². The van der Waals surface area contributed by atoms with E-state index in [4.69, 9.17) is 4.74 Å². The van der Waals surface area contributed by atoms with Gasteiger partial charge >= 0.3 is 0 Å². The number of benzene rings is 2. The molecule has 26 heavy (non-hydrogen) atoms. The number of hydrogen-bond acceptors (Lipinski definition) is 3. The van der Waals surface area contributed by atoms with Crippen molar-refractivity contribution in [1.82, 2.24) is 9.88 Å². The molecule has 0 spiro atoms. The van der Waals surface area contributed by atoms with Crippen LogP contribution in [0, 0.1) is 0 Å². The molecule has 0 aliphatic rings. The van der Waals surface area contributed by atoms with Gasteiger partial charge in [-0.3, -0.25) is 9.59 Å². The fourth-order valence-corrected chi connectivity index (χ4v) is 3.43. The molecule has 1 atom stereocenters. The van der Waals surface area contributed by atoms with Crippen LogP contribution in [0.4, 0.5) is 0 Å². The average molecular weight is 415 g/mol. The van der Waals surface area contributed by atoms with Crippen molar-refractivity contribution in [3.8, 4) is 5.75 Å². The number of hydrogen-bond donors (Lipinski definition) is 1. The zero-order chi connectivity index (χ0) is 18.8. The molecule has 0 aliphatic carbocycles. The molecule has 2 aromatic carbocycles. The summed E-state index contributed by atoms with van der Waals surface area (Å²) in [5.41, 5.74) is 1.55. The third kappa shape index (κ3) is 3.24. The van der Waals surface area contributed by atoms with Crippen LogP contribution in [0.5, 0.6) is 5.75 Å². The molecule has 0 saturated carbocycles. The second-order valence-electron chi connectivity index (χ2n) is 6.04. The van der Waals surface area contributed by atoms with Gasteiger partial charge in [-0.1, -0.05) is 46.3 Å². The monoisotopic (exact) mass is 414 g/mol. The van der Waals surface area contributed by atoms with Crippen LogP contribution in [0.25, 0.3) is 10.9 Å². The molecular weight excluding hydrogens is 396 g/mol. The van der Waals surface area contributed by atoms with Gasteiger partial charge in [-0.15, -0.1) is 0 Å². The van der Waals surface area contributed by atoms with Crippen LogP contribution < -0.4 is 15.6 Å². The van der Waals surface area contributed by atoms with Gasteiger partial charge in [0.25, 0.3) is 11.5 Å². The van der Waals surface area contributed by atoms with Gasteiger partial charge in [0.2, 0.25) is 0 Å². The molecule has 0 radical (unpaired) electrons. The molecule has 1 aromatic heterocycles. The van der Waals surface area contributed by atoms with Crippen molar-refractivity contribution >= 4 is 32.7 Å². The van der Waals surface area contributed by atoms with Crippen molar-refractivity contribution in [3.05, 3.63) is 74.5 Å². The minimum absolute atomic E-state index is 0.0464. The lowest BCUT2D eigenvalue weighted by atomic mass is 10.0. The highest BCUT2D eigenvalue weighted by Crippen LogP contribution is 2.25. The summed E-state index contributed by atoms with van der Waals surface area (Å²) in [6, 6.07) is 14.8. The Balaban J connectivity index is 2.08. The van der Waals surface area contributed by atoms with Crippen LogP contribution in [-0.4, -0.2) is 17.6 Å². The van der Waals surface area contributed by atoms with Crippen molar-refractivity contribution in [2.45, 2.75) is 13.0 Å². The van der Waals surface area contributed by atoms with Crippen LogP contribution in [0.1, 0.15) is 28.9 Å². The van der Waals surface area contributed by atoms with Crippen molar-refractivity contribution in [2.75, 3.05) is 7.11 Å². The number of carbonyl (C=O) groups excluding carboxylic acids is 1. The largest absolute Gasteiger partial charge is 0.490 e. The molecule has 0 aliphatic heterocycles. The molecule has 0 bridgehead atoms. The lowest BCUT2D eigenvalue weighted by Crippen LogP contribution is -2.30. The maximum atomic E-state index is 13.0. The highest BCUT2D eigenvalue weighted by atomic mass is 79.9. The quantitative estimate of drug-likeness (QED) is 0.705. The van der Waals surface area contributed by atoms with Gasteiger partial charge in [-0.25, -0.2) is 0 Å². The van der Waals surface area contributed by atoms with E-state index in [0.717, 1.165) is 10.0 Å². The fourth-order valence-electron chi connectivity index (χ4n) is 3.01. The molecule has 6 heteroatoms. The molecule has 3 aromatic rings. The molecule has 1 N–H and O–H groups in total.